The Morgan fingerprint density at radius 1 is 1.55 bits per heavy atom. The Morgan fingerprint density at radius 2 is 2.40 bits per heavy atom. The van der Waals surface area contributed by atoms with E-state index in [1.807, 2.05) is 31.2 Å². The molecule has 0 bridgehead atoms. The molecule has 1 aromatic rings. The van der Waals surface area contributed by atoms with Crippen molar-refractivity contribution in [2.45, 2.75) is 19.8 Å². The summed E-state index contributed by atoms with van der Waals surface area (Å²) in [6.45, 7) is 7.98. The van der Waals surface area contributed by atoms with Crippen molar-refractivity contribution >= 4 is 11.6 Å². The maximum Gasteiger partial charge on any atom is 0.228 e. The van der Waals surface area contributed by atoms with Gasteiger partial charge in [0.15, 0.2) is 0 Å². The van der Waals surface area contributed by atoms with Crippen LogP contribution in [0, 0.1) is 5.92 Å². The lowest BCUT2D eigenvalue weighted by Crippen LogP contribution is -2.37. The van der Waals surface area contributed by atoms with Crippen LogP contribution in [-0.4, -0.2) is 25.6 Å². The van der Waals surface area contributed by atoms with Gasteiger partial charge in [0.1, 0.15) is 12.4 Å². The molecule has 1 amide bonds. The van der Waals surface area contributed by atoms with Gasteiger partial charge in [0.25, 0.3) is 0 Å². The molecule has 1 atom stereocenters. The molecule has 0 radical (unpaired) electrons. The molecule has 108 valence electrons. The monoisotopic (exact) mass is 274 g/mol. The van der Waals surface area contributed by atoms with Gasteiger partial charge in [0.2, 0.25) is 5.91 Å². The maximum absolute atomic E-state index is 12.1. The Hall–Kier alpha value is -1.81. The second kappa shape index (κ2) is 7.10. The number of rotatable bonds is 5. The second-order valence-electron chi connectivity index (χ2n) is 5.31. The normalized spacial score (nSPS) is 18.4. The third-order valence-electron chi connectivity index (χ3n) is 3.25. The molecule has 1 aliphatic heterocycles. The molecule has 1 aliphatic rings. The molecule has 4 heteroatoms. The van der Waals surface area contributed by atoms with Crippen molar-refractivity contribution in [1.29, 1.82) is 0 Å². The van der Waals surface area contributed by atoms with E-state index in [2.05, 4.69) is 17.2 Å². The van der Waals surface area contributed by atoms with Crippen LogP contribution in [0.2, 0.25) is 0 Å². The van der Waals surface area contributed by atoms with Crippen molar-refractivity contribution in [1.82, 2.24) is 5.32 Å². The fourth-order valence-corrected chi connectivity index (χ4v) is 2.19. The Bertz CT molecular complexity index is 479. The Morgan fingerprint density at radius 3 is 3.10 bits per heavy atom. The Labute approximate surface area is 120 Å². The summed E-state index contributed by atoms with van der Waals surface area (Å²) in [5.41, 5.74) is 1.74. The first-order chi connectivity index (χ1) is 9.65. The average Bonchev–Trinajstić information content (AvgIpc) is 2.46. The zero-order chi connectivity index (χ0) is 14.4. The van der Waals surface area contributed by atoms with Crippen molar-refractivity contribution < 1.29 is 9.53 Å². The first-order valence-electron chi connectivity index (χ1n) is 7.04. The quantitative estimate of drug-likeness (QED) is 0.811. The molecule has 0 saturated carbocycles. The smallest absolute Gasteiger partial charge is 0.228 e. The Balaban J connectivity index is 1.93. The molecular formula is C16H22N2O2. The number of ether oxygens (including phenoxy) is 1. The van der Waals surface area contributed by atoms with Crippen LogP contribution in [0.4, 0.5) is 5.69 Å². The van der Waals surface area contributed by atoms with E-state index in [4.69, 9.17) is 4.74 Å². The van der Waals surface area contributed by atoms with Gasteiger partial charge in [-0.25, -0.2) is 0 Å². The SMILES string of the molecule is C=C(C)COc1cccc(NC(=O)C2CCCNC2)c1. The number of benzene rings is 1. The number of nitrogens with one attached hydrogen (secondary N) is 2. The van der Waals surface area contributed by atoms with Crippen LogP contribution in [-0.2, 0) is 4.79 Å². The van der Waals surface area contributed by atoms with Gasteiger partial charge in [-0.1, -0.05) is 12.6 Å². The lowest BCUT2D eigenvalue weighted by atomic mass is 9.99. The second-order valence-corrected chi connectivity index (χ2v) is 5.31. The van der Waals surface area contributed by atoms with E-state index < -0.39 is 0 Å². The highest BCUT2D eigenvalue weighted by Gasteiger charge is 2.20. The predicted octanol–water partition coefficient (Wildman–Crippen LogP) is 2.58. The summed E-state index contributed by atoms with van der Waals surface area (Å²) < 4.78 is 5.57. The molecule has 0 spiro atoms. The Kier molecular flexibility index (Phi) is 5.18. The number of carbonyl (C=O) groups is 1. The van der Waals surface area contributed by atoms with E-state index in [-0.39, 0.29) is 11.8 Å². The fraction of sp³-hybridized carbons (Fsp3) is 0.438. The molecular weight excluding hydrogens is 252 g/mol. The van der Waals surface area contributed by atoms with Gasteiger partial charge in [0.05, 0.1) is 5.92 Å². The average molecular weight is 274 g/mol. The third kappa shape index (κ3) is 4.38. The van der Waals surface area contributed by atoms with Gasteiger partial charge < -0.3 is 15.4 Å². The first kappa shape index (κ1) is 14.6. The van der Waals surface area contributed by atoms with Gasteiger partial charge in [-0.3, -0.25) is 4.79 Å². The van der Waals surface area contributed by atoms with Crippen molar-refractivity contribution in [2.75, 3.05) is 25.0 Å². The van der Waals surface area contributed by atoms with E-state index in [9.17, 15) is 4.79 Å². The minimum atomic E-state index is 0.0590. The highest BCUT2D eigenvalue weighted by atomic mass is 16.5. The summed E-state index contributed by atoms with van der Waals surface area (Å²) in [4.78, 5) is 12.1. The summed E-state index contributed by atoms with van der Waals surface area (Å²) in [5.74, 6) is 0.880. The van der Waals surface area contributed by atoms with Gasteiger partial charge in [-0.2, -0.15) is 0 Å². The zero-order valence-corrected chi connectivity index (χ0v) is 11.9. The molecule has 2 N–H and O–H groups in total. The van der Waals surface area contributed by atoms with Crippen molar-refractivity contribution in [3.63, 3.8) is 0 Å². The third-order valence-corrected chi connectivity index (χ3v) is 3.25. The molecule has 20 heavy (non-hydrogen) atoms. The van der Waals surface area contributed by atoms with Crippen LogP contribution >= 0.6 is 0 Å². The van der Waals surface area contributed by atoms with E-state index in [1.165, 1.54) is 0 Å². The number of hydrogen-bond acceptors (Lipinski definition) is 3. The molecule has 1 unspecified atom stereocenters. The number of piperidine rings is 1. The summed E-state index contributed by atoms with van der Waals surface area (Å²) in [6, 6.07) is 7.47. The molecule has 0 aromatic heterocycles. The molecule has 4 nitrogen and oxygen atoms in total. The summed E-state index contributed by atoms with van der Waals surface area (Å²) >= 11 is 0. The highest BCUT2D eigenvalue weighted by Crippen LogP contribution is 2.19. The predicted molar refractivity (Wildman–Crippen MR) is 81.0 cm³/mol. The van der Waals surface area contributed by atoms with E-state index >= 15 is 0 Å². The number of amides is 1. The van der Waals surface area contributed by atoms with Crippen molar-refractivity contribution in [3.8, 4) is 5.75 Å². The zero-order valence-electron chi connectivity index (χ0n) is 11.9. The number of hydrogen-bond donors (Lipinski definition) is 2. The van der Waals surface area contributed by atoms with Crippen LogP contribution in [0.1, 0.15) is 19.8 Å². The number of anilines is 1. The molecule has 0 aliphatic carbocycles. The lowest BCUT2D eigenvalue weighted by Gasteiger charge is -2.22. The van der Waals surface area contributed by atoms with Crippen molar-refractivity contribution in [2.24, 2.45) is 5.92 Å². The van der Waals surface area contributed by atoms with Crippen LogP contribution in [0.3, 0.4) is 0 Å². The van der Waals surface area contributed by atoms with Crippen LogP contribution in [0.25, 0.3) is 0 Å². The maximum atomic E-state index is 12.1. The molecule has 2 rings (SSSR count). The summed E-state index contributed by atoms with van der Waals surface area (Å²) in [5, 5.41) is 6.21. The molecule has 1 fully saturated rings. The van der Waals surface area contributed by atoms with E-state index in [1.54, 1.807) is 0 Å². The van der Waals surface area contributed by atoms with Crippen molar-refractivity contribution in [3.05, 3.63) is 36.4 Å². The molecule has 1 saturated heterocycles. The standard InChI is InChI=1S/C16H22N2O2/c1-12(2)11-20-15-7-3-6-14(9-15)18-16(19)13-5-4-8-17-10-13/h3,6-7,9,13,17H,1,4-5,8,10-11H2,2H3,(H,18,19). The summed E-state index contributed by atoms with van der Waals surface area (Å²) in [6.07, 6.45) is 2.00. The fourth-order valence-electron chi connectivity index (χ4n) is 2.19. The van der Waals surface area contributed by atoms with Crippen LogP contribution in [0.15, 0.2) is 36.4 Å². The van der Waals surface area contributed by atoms with E-state index in [0.717, 1.165) is 42.9 Å². The first-order valence-corrected chi connectivity index (χ1v) is 7.04. The van der Waals surface area contributed by atoms with Crippen LogP contribution in [0.5, 0.6) is 5.75 Å². The highest BCUT2D eigenvalue weighted by molar-refractivity contribution is 5.92. The molecule has 1 aromatic carbocycles. The van der Waals surface area contributed by atoms with Gasteiger partial charge in [-0.05, 0) is 44.0 Å². The van der Waals surface area contributed by atoms with Gasteiger partial charge >= 0.3 is 0 Å². The minimum absolute atomic E-state index is 0.0590. The molecule has 1 heterocycles. The summed E-state index contributed by atoms with van der Waals surface area (Å²) in [7, 11) is 0. The van der Waals surface area contributed by atoms with Gasteiger partial charge in [0, 0.05) is 18.3 Å². The topological polar surface area (TPSA) is 50.4 Å². The van der Waals surface area contributed by atoms with E-state index in [0.29, 0.717) is 6.61 Å². The lowest BCUT2D eigenvalue weighted by molar-refractivity contribution is -0.120. The van der Waals surface area contributed by atoms with Crippen LogP contribution < -0.4 is 15.4 Å². The minimum Gasteiger partial charge on any atom is -0.489 e. The number of carbonyl (C=O) groups excluding carboxylic acids is 1. The largest absolute Gasteiger partial charge is 0.489 e. The van der Waals surface area contributed by atoms with Gasteiger partial charge in [-0.15, -0.1) is 0 Å².